The van der Waals surface area contributed by atoms with Gasteiger partial charge in [0.2, 0.25) is 0 Å². The highest BCUT2D eigenvalue weighted by atomic mass is 32.2. The lowest BCUT2D eigenvalue weighted by atomic mass is 10.2. The average Bonchev–Trinajstić information content (AvgIpc) is 2.93. The predicted octanol–water partition coefficient (Wildman–Crippen LogP) is 1.49. The van der Waals surface area contributed by atoms with Crippen molar-refractivity contribution in [1.82, 2.24) is 9.78 Å². The number of nitrogens with zero attached hydrogens (tertiary/aromatic N) is 2. The molecule has 1 aromatic carbocycles. The third kappa shape index (κ3) is 3.40. The average molecular weight is 309 g/mol. The number of anilines is 1. The van der Waals surface area contributed by atoms with E-state index in [4.69, 9.17) is 0 Å². The zero-order valence-corrected chi connectivity index (χ0v) is 12.4. The van der Waals surface area contributed by atoms with Gasteiger partial charge in [-0.15, -0.1) is 0 Å². The molecule has 0 saturated heterocycles. The van der Waals surface area contributed by atoms with Gasteiger partial charge in [-0.1, -0.05) is 6.07 Å². The minimum atomic E-state index is -3.78. The molecule has 1 heterocycles. The summed E-state index contributed by atoms with van der Waals surface area (Å²) in [7, 11) is -2.55. The molecule has 1 aromatic heterocycles. The number of carbonyl (C=O) groups is 1. The first-order valence-corrected chi connectivity index (χ1v) is 7.68. The van der Waals surface area contributed by atoms with Gasteiger partial charge in [0.25, 0.3) is 10.0 Å². The fraction of sp³-hybridized carbons (Fsp3) is 0.231. The smallest absolute Gasteiger partial charge is 0.337 e. The van der Waals surface area contributed by atoms with Crippen LogP contribution in [-0.2, 0) is 21.3 Å². The molecule has 7 nitrogen and oxygen atoms in total. The van der Waals surface area contributed by atoms with Gasteiger partial charge >= 0.3 is 5.97 Å². The molecule has 8 heteroatoms. The van der Waals surface area contributed by atoms with Crippen LogP contribution in [0.15, 0.2) is 41.6 Å². The molecule has 0 saturated carbocycles. The van der Waals surface area contributed by atoms with E-state index in [1.807, 2.05) is 6.92 Å². The number of hydrogen-bond acceptors (Lipinski definition) is 5. The van der Waals surface area contributed by atoms with Crippen molar-refractivity contribution >= 4 is 21.7 Å². The van der Waals surface area contributed by atoms with Crippen molar-refractivity contribution in [2.45, 2.75) is 18.4 Å². The van der Waals surface area contributed by atoms with Gasteiger partial charge in [0.1, 0.15) is 0 Å². The van der Waals surface area contributed by atoms with Crippen molar-refractivity contribution in [3.05, 3.63) is 42.2 Å². The van der Waals surface area contributed by atoms with Crippen molar-refractivity contribution in [2.24, 2.45) is 0 Å². The number of aryl methyl sites for hydroxylation is 1. The summed E-state index contributed by atoms with van der Waals surface area (Å²) in [5.74, 6) is -0.592. The first-order chi connectivity index (χ1) is 9.96. The van der Waals surface area contributed by atoms with Crippen molar-refractivity contribution in [3.63, 3.8) is 0 Å². The Labute approximate surface area is 122 Å². The van der Waals surface area contributed by atoms with Crippen LogP contribution < -0.4 is 4.72 Å². The zero-order chi connectivity index (χ0) is 15.5. The normalized spacial score (nSPS) is 11.1. The van der Waals surface area contributed by atoms with Crippen molar-refractivity contribution in [3.8, 4) is 0 Å². The molecule has 0 atom stereocenters. The number of sulfonamides is 1. The Morgan fingerprint density at radius 1 is 1.43 bits per heavy atom. The van der Waals surface area contributed by atoms with Crippen molar-refractivity contribution in [2.75, 3.05) is 11.8 Å². The molecular weight excluding hydrogens is 294 g/mol. The third-order valence-electron chi connectivity index (χ3n) is 2.77. The lowest BCUT2D eigenvalue weighted by molar-refractivity contribution is 0.0600. The Bertz CT molecular complexity index is 752. The second-order valence-electron chi connectivity index (χ2n) is 4.21. The van der Waals surface area contributed by atoms with Gasteiger partial charge in [-0.05, 0) is 25.1 Å². The fourth-order valence-electron chi connectivity index (χ4n) is 1.71. The topological polar surface area (TPSA) is 90.3 Å². The Hall–Kier alpha value is -2.35. The van der Waals surface area contributed by atoms with Crippen LogP contribution in [0, 0.1) is 0 Å². The molecule has 0 aliphatic heterocycles. The van der Waals surface area contributed by atoms with Crippen LogP contribution in [0.25, 0.3) is 0 Å². The Kier molecular flexibility index (Phi) is 4.27. The molecule has 112 valence electrons. The molecule has 0 amide bonds. The van der Waals surface area contributed by atoms with Crippen LogP contribution in [0.5, 0.6) is 0 Å². The third-order valence-corrected chi connectivity index (χ3v) is 4.15. The monoisotopic (exact) mass is 309 g/mol. The quantitative estimate of drug-likeness (QED) is 0.845. The maximum absolute atomic E-state index is 12.3. The number of methoxy groups -OCH3 is 1. The SMILES string of the molecule is CCn1cc(NS(=O)(=O)c2cccc(C(=O)OC)c2)cn1. The molecule has 0 unspecified atom stereocenters. The van der Waals surface area contributed by atoms with E-state index < -0.39 is 16.0 Å². The van der Waals surface area contributed by atoms with E-state index in [2.05, 4.69) is 14.6 Å². The number of carbonyl (C=O) groups excluding carboxylic acids is 1. The molecule has 2 aromatic rings. The van der Waals surface area contributed by atoms with E-state index in [-0.39, 0.29) is 10.5 Å². The molecule has 1 N–H and O–H groups in total. The summed E-state index contributed by atoms with van der Waals surface area (Å²) < 4.78 is 33.1. The molecule has 0 radical (unpaired) electrons. The van der Waals surface area contributed by atoms with Gasteiger partial charge in [0.05, 0.1) is 29.5 Å². The highest BCUT2D eigenvalue weighted by Gasteiger charge is 2.17. The van der Waals surface area contributed by atoms with E-state index in [1.165, 1.54) is 37.6 Å². The number of nitrogens with one attached hydrogen (secondary N) is 1. The van der Waals surface area contributed by atoms with Crippen LogP contribution in [0.3, 0.4) is 0 Å². The number of aromatic nitrogens is 2. The maximum atomic E-state index is 12.3. The first kappa shape index (κ1) is 15.0. The number of esters is 1. The van der Waals surface area contributed by atoms with E-state index >= 15 is 0 Å². The molecule has 0 bridgehead atoms. The molecule has 0 spiro atoms. The number of rotatable bonds is 5. The Morgan fingerprint density at radius 3 is 2.81 bits per heavy atom. The Morgan fingerprint density at radius 2 is 2.19 bits per heavy atom. The summed E-state index contributed by atoms with van der Waals surface area (Å²) in [6, 6.07) is 5.63. The van der Waals surface area contributed by atoms with Gasteiger partial charge < -0.3 is 4.74 Å². The van der Waals surface area contributed by atoms with E-state index in [1.54, 1.807) is 10.9 Å². The van der Waals surface area contributed by atoms with Crippen molar-refractivity contribution in [1.29, 1.82) is 0 Å². The van der Waals surface area contributed by atoms with Gasteiger partial charge in [0.15, 0.2) is 0 Å². The lowest BCUT2D eigenvalue weighted by Crippen LogP contribution is -2.13. The molecule has 0 fully saturated rings. The van der Waals surface area contributed by atoms with E-state index in [9.17, 15) is 13.2 Å². The first-order valence-electron chi connectivity index (χ1n) is 6.20. The zero-order valence-electron chi connectivity index (χ0n) is 11.6. The summed E-state index contributed by atoms with van der Waals surface area (Å²) in [4.78, 5) is 11.4. The van der Waals surface area contributed by atoms with Crippen LogP contribution in [-0.4, -0.2) is 31.3 Å². The van der Waals surface area contributed by atoms with Gasteiger partial charge in [-0.25, -0.2) is 13.2 Å². The predicted molar refractivity (Wildman–Crippen MR) is 76.5 cm³/mol. The van der Waals surface area contributed by atoms with Crippen LogP contribution >= 0.6 is 0 Å². The molecule has 21 heavy (non-hydrogen) atoms. The standard InChI is InChI=1S/C13H15N3O4S/c1-3-16-9-11(8-14-16)15-21(18,19)12-6-4-5-10(7-12)13(17)20-2/h4-9,15H,3H2,1-2H3. The molecule has 0 aliphatic rings. The second kappa shape index (κ2) is 5.96. The summed E-state index contributed by atoms with van der Waals surface area (Å²) in [5, 5.41) is 3.99. The number of benzene rings is 1. The summed E-state index contributed by atoms with van der Waals surface area (Å²) >= 11 is 0. The van der Waals surface area contributed by atoms with Gasteiger partial charge in [0, 0.05) is 12.7 Å². The van der Waals surface area contributed by atoms with Crippen LogP contribution in [0.4, 0.5) is 5.69 Å². The largest absolute Gasteiger partial charge is 0.465 e. The maximum Gasteiger partial charge on any atom is 0.337 e. The van der Waals surface area contributed by atoms with E-state index in [0.717, 1.165) is 0 Å². The fourth-order valence-corrected chi connectivity index (χ4v) is 2.78. The highest BCUT2D eigenvalue weighted by molar-refractivity contribution is 7.92. The van der Waals surface area contributed by atoms with Gasteiger partial charge in [-0.2, -0.15) is 5.10 Å². The lowest BCUT2D eigenvalue weighted by Gasteiger charge is -2.07. The summed E-state index contributed by atoms with van der Waals surface area (Å²) in [6.07, 6.45) is 3.01. The van der Waals surface area contributed by atoms with Crippen LogP contribution in [0.1, 0.15) is 17.3 Å². The minimum Gasteiger partial charge on any atom is -0.465 e. The van der Waals surface area contributed by atoms with E-state index in [0.29, 0.717) is 12.2 Å². The minimum absolute atomic E-state index is 0.0188. The number of hydrogen-bond donors (Lipinski definition) is 1. The second-order valence-corrected chi connectivity index (χ2v) is 5.89. The summed E-state index contributed by atoms with van der Waals surface area (Å²) in [6.45, 7) is 2.53. The highest BCUT2D eigenvalue weighted by Crippen LogP contribution is 2.17. The molecule has 0 aliphatic carbocycles. The summed E-state index contributed by atoms with van der Waals surface area (Å²) in [5.41, 5.74) is 0.532. The Balaban J connectivity index is 2.29. The van der Waals surface area contributed by atoms with Crippen molar-refractivity contribution < 1.29 is 17.9 Å². The van der Waals surface area contributed by atoms with Gasteiger partial charge in [-0.3, -0.25) is 9.40 Å². The molecular formula is C13H15N3O4S. The number of ether oxygens (including phenoxy) is 1. The van der Waals surface area contributed by atoms with Crippen LogP contribution in [0.2, 0.25) is 0 Å². The molecule has 2 rings (SSSR count).